The van der Waals surface area contributed by atoms with E-state index in [1.165, 1.54) is 0 Å². The minimum absolute atomic E-state index is 0.747. The predicted octanol–water partition coefficient (Wildman–Crippen LogP) is 9.84. The lowest BCUT2D eigenvalue weighted by molar-refractivity contribution is 0.414. The molecule has 0 aliphatic heterocycles. The minimum atomic E-state index is 0.747. The summed E-state index contributed by atoms with van der Waals surface area (Å²) in [5, 5.41) is 0. The number of hydrogen-bond donors (Lipinski definition) is 0. The molecule has 0 amide bonds. The van der Waals surface area contributed by atoms with E-state index < -0.39 is 0 Å². The first-order chi connectivity index (χ1) is 27.5. The molecule has 0 N–H and O–H groups in total. The smallest absolute Gasteiger partial charge is 0.118 e. The molecule has 270 valence electrons. The van der Waals surface area contributed by atoms with E-state index in [1.807, 2.05) is 103 Å². The van der Waals surface area contributed by atoms with Crippen LogP contribution in [0.25, 0.3) is 6.08 Å². The van der Waals surface area contributed by atoms with Crippen LogP contribution in [0.4, 0.5) is 0 Å². The zero-order valence-corrected chi connectivity index (χ0v) is 31.9. The quantitative estimate of drug-likeness (QED) is 0.170. The maximum atomic E-state index is 5.37. The lowest BCUT2D eigenvalue weighted by atomic mass is 9.86. The second kappa shape index (κ2) is 17.7. The van der Waals surface area contributed by atoms with E-state index in [0.29, 0.717) is 0 Å². The summed E-state index contributed by atoms with van der Waals surface area (Å²) < 4.78 is 16.1. The van der Waals surface area contributed by atoms with Crippen LogP contribution in [0.2, 0.25) is 0 Å². The van der Waals surface area contributed by atoms with Crippen molar-refractivity contribution in [2.45, 2.75) is 25.7 Å². The highest BCUT2D eigenvalue weighted by molar-refractivity contribution is 5.60. The van der Waals surface area contributed by atoms with Crippen LogP contribution in [0.15, 0.2) is 128 Å². The van der Waals surface area contributed by atoms with Gasteiger partial charge in [-0.1, -0.05) is 72.2 Å². The van der Waals surface area contributed by atoms with Crippen LogP contribution in [0, 0.1) is 47.4 Å². The molecule has 56 heavy (non-hydrogen) atoms. The van der Waals surface area contributed by atoms with Gasteiger partial charge in [-0.25, -0.2) is 0 Å². The fourth-order valence-electron chi connectivity index (χ4n) is 6.49. The molecule has 4 aliphatic carbocycles. The Morgan fingerprint density at radius 1 is 0.375 bits per heavy atom. The van der Waals surface area contributed by atoms with Crippen molar-refractivity contribution < 1.29 is 14.2 Å². The third-order valence-electron chi connectivity index (χ3n) is 9.77. The zero-order chi connectivity index (χ0) is 38.7. The van der Waals surface area contributed by atoms with E-state index in [4.69, 9.17) is 14.2 Å². The third kappa shape index (κ3) is 9.25. The van der Waals surface area contributed by atoms with Gasteiger partial charge in [0.05, 0.1) is 21.3 Å². The maximum Gasteiger partial charge on any atom is 0.118 e. The Morgan fingerprint density at radius 2 is 0.625 bits per heavy atom. The highest BCUT2D eigenvalue weighted by Crippen LogP contribution is 2.27. The summed E-state index contributed by atoms with van der Waals surface area (Å²) in [6.07, 6.45) is 4.83. The first-order valence-electron chi connectivity index (χ1n) is 18.5. The van der Waals surface area contributed by atoms with Gasteiger partial charge in [0.15, 0.2) is 0 Å². The molecule has 0 saturated heterocycles. The molecule has 0 fully saturated rings. The van der Waals surface area contributed by atoms with Crippen molar-refractivity contribution in [1.29, 1.82) is 0 Å². The third-order valence-corrected chi connectivity index (χ3v) is 9.77. The standard InChI is InChI=1S/C53H40O3/c1-5-38-6-8-39(9-7-38)10-20-43-34-48-26-27-50-37-45(22-12-41-16-30-52(55-3)31-17-41)49(36-46(50)23-13-42-18-32-53(56-4)33-19-42)25-24-47(43)35-44(48)21-11-40-14-28-51(54-2)29-15-40/h5-9,14-19,28-37H,1,24-27H2,2-4H3. The summed E-state index contributed by atoms with van der Waals surface area (Å²) in [4.78, 5) is 0. The molecule has 10 rings (SSSR count). The lowest BCUT2D eigenvalue weighted by Gasteiger charge is -2.17. The van der Waals surface area contributed by atoms with Crippen molar-refractivity contribution in [3.05, 3.63) is 200 Å². The SMILES string of the molecule is C=Cc1ccc(C#Cc2cc3c(C#Cc4ccc(OC)cc4)cc2CCc2cc(C#Cc4ccc(OC)cc4)c(cc2C#Cc2ccc(OC)cc2)CC3)cc1. The Labute approximate surface area is 331 Å². The number of methoxy groups -OCH3 is 3. The number of benzene rings is 6. The first kappa shape index (κ1) is 37.0. The molecule has 0 aromatic heterocycles. The van der Waals surface area contributed by atoms with Crippen LogP contribution >= 0.6 is 0 Å². The molecular weight excluding hydrogens is 685 g/mol. The average Bonchev–Trinajstić information content (AvgIpc) is 3.25. The highest BCUT2D eigenvalue weighted by atomic mass is 16.5. The molecule has 0 atom stereocenters. The van der Waals surface area contributed by atoms with Crippen LogP contribution in [-0.2, 0) is 25.7 Å². The van der Waals surface area contributed by atoms with Gasteiger partial charge in [0, 0.05) is 44.5 Å². The Morgan fingerprint density at radius 3 is 0.857 bits per heavy atom. The minimum Gasteiger partial charge on any atom is -0.497 e. The first-order valence-corrected chi connectivity index (χ1v) is 18.5. The largest absolute Gasteiger partial charge is 0.497 e. The lowest BCUT2D eigenvalue weighted by Crippen LogP contribution is -2.07. The topological polar surface area (TPSA) is 27.7 Å². The fourth-order valence-corrected chi connectivity index (χ4v) is 6.49. The van der Waals surface area contributed by atoms with Gasteiger partial charge in [-0.2, -0.15) is 0 Å². The molecule has 6 aromatic carbocycles. The van der Waals surface area contributed by atoms with Crippen molar-refractivity contribution >= 4 is 6.08 Å². The summed E-state index contributed by atoms with van der Waals surface area (Å²) in [6, 6.07) is 40.7. The second-order valence-electron chi connectivity index (χ2n) is 13.3. The van der Waals surface area contributed by atoms with Gasteiger partial charge in [-0.15, -0.1) is 0 Å². The van der Waals surface area contributed by atoms with E-state index in [0.717, 1.165) is 115 Å². The van der Waals surface area contributed by atoms with E-state index in [2.05, 4.69) is 78.2 Å². The molecule has 6 aromatic rings. The summed E-state index contributed by atoms with van der Waals surface area (Å²) in [5.74, 6) is 30.2. The summed E-state index contributed by atoms with van der Waals surface area (Å²) >= 11 is 0. The Hall–Kier alpha value is -7.30. The fraction of sp³-hybridized carbons (Fsp3) is 0.132. The summed E-state index contributed by atoms with van der Waals surface area (Å²) in [5.41, 5.74) is 13.4. The molecule has 0 unspecified atom stereocenters. The molecule has 3 nitrogen and oxygen atoms in total. The highest BCUT2D eigenvalue weighted by Gasteiger charge is 2.15. The van der Waals surface area contributed by atoms with Crippen molar-refractivity contribution in [2.75, 3.05) is 21.3 Å². The van der Waals surface area contributed by atoms with E-state index >= 15 is 0 Å². The van der Waals surface area contributed by atoms with Crippen molar-refractivity contribution in [3.63, 3.8) is 0 Å². The van der Waals surface area contributed by atoms with Crippen molar-refractivity contribution in [3.8, 4) is 64.6 Å². The number of aryl methyl sites for hydroxylation is 4. The van der Waals surface area contributed by atoms with Crippen molar-refractivity contribution in [1.82, 2.24) is 0 Å². The van der Waals surface area contributed by atoms with Gasteiger partial charge in [-0.3, -0.25) is 0 Å². The molecule has 0 spiro atoms. The van der Waals surface area contributed by atoms with Gasteiger partial charge >= 0.3 is 0 Å². The van der Waals surface area contributed by atoms with Gasteiger partial charge in [0.2, 0.25) is 0 Å². The molecule has 0 saturated carbocycles. The molecule has 4 aliphatic rings. The van der Waals surface area contributed by atoms with Crippen LogP contribution in [-0.4, -0.2) is 21.3 Å². The molecular formula is C53H40O3. The maximum absolute atomic E-state index is 5.37. The molecule has 0 radical (unpaired) electrons. The zero-order valence-electron chi connectivity index (χ0n) is 31.9. The monoisotopic (exact) mass is 724 g/mol. The Balaban J connectivity index is 1.33. The van der Waals surface area contributed by atoms with Crippen LogP contribution in [0.3, 0.4) is 0 Å². The Kier molecular flexibility index (Phi) is 11.7. The number of ether oxygens (including phenoxy) is 3. The van der Waals surface area contributed by atoms with Gasteiger partial charge in [0.25, 0.3) is 0 Å². The second-order valence-corrected chi connectivity index (χ2v) is 13.3. The van der Waals surface area contributed by atoms with E-state index in [-0.39, 0.29) is 0 Å². The van der Waals surface area contributed by atoms with E-state index in [1.54, 1.807) is 21.3 Å². The average molecular weight is 725 g/mol. The van der Waals surface area contributed by atoms with E-state index in [9.17, 15) is 0 Å². The van der Waals surface area contributed by atoms with Gasteiger partial charge < -0.3 is 14.2 Å². The van der Waals surface area contributed by atoms with Crippen molar-refractivity contribution in [2.24, 2.45) is 0 Å². The molecule has 0 heterocycles. The number of hydrogen-bond acceptors (Lipinski definition) is 3. The van der Waals surface area contributed by atoms with Crippen LogP contribution < -0.4 is 14.2 Å². The van der Waals surface area contributed by atoms with Gasteiger partial charge in [-0.05, 0) is 163 Å². The van der Waals surface area contributed by atoms with Gasteiger partial charge in [0.1, 0.15) is 17.2 Å². The Bertz CT molecular complexity index is 2630. The molecule has 4 bridgehead atoms. The molecule has 3 heteroatoms. The summed E-state index contributed by atoms with van der Waals surface area (Å²) in [6.45, 7) is 3.88. The normalized spacial score (nSPS) is 11.1. The predicted molar refractivity (Wildman–Crippen MR) is 227 cm³/mol. The number of rotatable bonds is 4. The van der Waals surface area contributed by atoms with Crippen LogP contribution in [0.5, 0.6) is 17.2 Å². The van der Waals surface area contributed by atoms with Crippen LogP contribution in [0.1, 0.15) is 72.3 Å². The summed E-state index contributed by atoms with van der Waals surface area (Å²) in [7, 11) is 5.01.